The van der Waals surface area contributed by atoms with E-state index in [0.717, 1.165) is 11.2 Å². The molecule has 31 heavy (non-hydrogen) atoms. The number of phosphoric acid groups is 1. The summed E-state index contributed by atoms with van der Waals surface area (Å²) in [6, 6.07) is 0. The number of nitrogens with two attached hydrogens (primary N) is 1. The number of aliphatic hydroxyl groups excluding tert-OH is 2. The Balaban J connectivity index is 1.69. The number of fused-ring (bicyclic) bond motifs is 1. The van der Waals surface area contributed by atoms with Crippen molar-refractivity contribution in [2.24, 2.45) is 0 Å². The molecular formula is C10H17N6O12P3. The molecule has 1 fully saturated rings. The lowest BCUT2D eigenvalue weighted by Gasteiger charge is -2.19. The number of hydrogen-bond donors (Lipinski definition) is 8. The van der Waals surface area contributed by atoms with Gasteiger partial charge < -0.3 is 40.3 Å². The molecule has 21 heteroatoms. The second-order valence-electron chi connectivity index (χ2n) is 6.14. The number of rotatable bonds is 8. The van der Waals surface area contributed by atoms with E-state index in [1.165, 1.54) is 10.9 Å². The molecule has 1 aliphatic rings. The van der Waals surface area contributed by atoms with E-state index in [-0.39, 0.29) is 17.0 Å². The molecule has 0 saturated carbocycles. The average molecular weight is 506 g/mol. The highest BCUT2D eigenvalue weighted by atomic mass is 31.3. The van der Waals surface area contributed by atoms with Gasteiger partial charge in [0.05, 0.1) is 12.9 Å². The maximum absolute atomic E-state index is 11.8. The van der Waals surface area contributed by atoms with Crippen molar-refractivity contribution in [2.45, 2.75) is 24.5 Å². The van der Waals surface area contributed by atoms with Gasteiger partial charge in [-0.1, -0.05) is 0 Å². The Morgan fingerprint density at radius 3 is 2.45 bits per heavy atom. The molecule has 0 aliphatic carbocycles. The number of nitrogens with zero attached hydrogens (tertiary/aromatic N) is 4. The predicted octanol–water partition coefficient (Wildman–Crippen LogP) is -2.06. The smallest absolute Gasteiger partial charge is 0.387 e. The zero-order chi connectivity index (χ0) is 23.2. The molecule has 2 aromatic rings. The molecule has 9 N–H and O–H groups in total. The van der Waals surface area contributed by atoms with Crippen LogP contribution in [-0.2, 0) is 27.3 Å². The maximum atomic E-state index is 11.8. The van der Waals surface area contributed by atoms with Crippen molar-refractivity contribution in [3.05, 3.63) is 12.7 Å². The minimum absolute atomic E-state index is 0.0485. The summed E-state index contributed by atoms with van der Waals surface area (Å²) in [5.74, 6) is 0.0485. The molecule has 3 rings (SSSR count). The Morgan fingerprint density at radius 1 is 1.13 bits per heavy atom. The van der Waals surface area contributed by atoms with E-state index >= 15 is 0 Å². The van der Waals surface area contributed by atoms with Gasteiger partial charge in [-0.25, -0.2) is 28.6 Å². The summed E-state index contributed by atoms with van der Waals surface area (Å²) in [6.45, 7) is -0.928. The maximum Gasteiger partial charge on any atom is 0.480 e. The van der Waals surface area contributed by atoms with E-state index in [0.29, 0.717) is 0 Å². The van der Waals surface area contributed by atoms with Crippen molar-refractivity contribution >= 4 is 40.3 Å². The van der Waals surface area contributed by atoms with Gasteiger partial charge in [-0.2, -0.15) is 4.31 Å². The third-order valence-electron chi connectivity index (χ3n) is 3.87. The molecule has 0 bridgehead atoms. The van der Waals surface area contributed by atoms with Crippen LogP contribution in [0.1, 0.15) is 6.23 Å². The summed E-state index contributed by atoms with van der Waals surface area (Å²) in [7, 11) is -16.1. The Hall–Kier alpha value is -1.36. The van der Waals surface area contributed by atoms with Crippen LogP contribution in [0.15, 0.2) is 12.7 Å². The number of phosphoric ester groups is 1. The van der Waals surface area contributed by atoms with Gasteiger partial charge in [-0.3, -0.25) is 9.09 Å². The molecule has 3 heterocycles. The fourth-order valence-corrected chi connectivity index (χ4v) is 6.10. The van der Waals surface area contributed by atoms with Crippen molar-refractivity contribution < 1.29 is 57.1 Å². The number of nitrogens with one attached hydrogen (secondary N) is 1. The van der Waals surface area contributed by atoms with Gasteiger partial charge in [0.2, 0.25) is 0 Å². The first-order chi connectivity index (χ1) is 14.2. The summed E-state index contributed by atoms with van der Waals surface area (Å²) in [5.41, 5.74) is 6.02. The summed E-state index contributed by atoms with van der Waals surface area (Å²) in [5, 5.41) is 20.4. The molecular weight excluding hydrogens is 489 g/mol. The zero-order valence-electron chi connectivity index (χ0n) is 15.0. The quantitative estimate of drug-likeness (QED) is 0.179. The van der Waals surface area contributed by atoms with Crippen molar-refractivity contribution in [2.75, 3.05) is 12.3 Å². The highest BCUT2D eigenvalue weighted by Gasteiger charge is 2.46. The van der Waals surface area contributed by atoms with E-state index in [2.05, 4.69) is 23.8 Å². The second-order valence-corrected chi connectivity index (χ2v) is 10.9. The van der Waals surface area contributed by atoms with E-state index in [1.807, 2.05) is 0 Å². The average Bonchev–Trinajstić information content (AvgIpc) is 3.13. The normalized spacial score (nSPS) is 28.5. The van der Waals surface area contributed by atoms with E-state index in [4.69, 9.17) is 20.3 Å². The third kappa shape index (κ3) is 5.71. The molecule has 2 unspecified atom stereocenters. The molecule has 0 radical (unpaired) electrons. The molecule has 0 spiro atoms. The first-order valence-corrected chi connectivity index (χ1v) is 12.7. The van der Waals surface area contributed by atoms with Crippen LogP contribution in [0.25, 0.3) is 11.2 Å². The molecule has 0 aromatic carbocycles. The third-order valence-corrected chi connectivity index (χ3v) is 8.11. The first-order valence-electron chi connectivity index (χ1n) is 8.00. The van der Waals surface area contributed by atoms with E-state index in [9.17, 15) is 33.7 Å². The fraction of sp³-hybridized carbons (Fsp3) is 0.500. The molecule has 2 aromatic heterocycles. The van der Waals surface area contributed by atoms with Crippen molar-refractivity contribution in [1.29, 1.82) is 0 Å². The lowest BCUT2D eigenvalue weighted by molar-refractivity contribution is -0.0502. The summed E-state index contributed by atoms with van der Waals surface area (Å²) in [4.78, 5) is 48.5. The highest BCUT2D eigenvalue weighted by Crippen LogP contribution is 2.61. The van der Waals surface area contributed by atoms with Gasteiger partial charge in [-0.15, -0.1) is 4.86 Å². The minimum atomic E-state index is -5.45. The minimum Gasteiger partial charge on any atom is -0.387 e. The monoisotopic (exact) mass is 506 g/mol. The van der Waals surface area contributed by atoms with Crippen molar-refractivity contribution in [1.82, 2.24) is 24.4 Å². The Kier molecular flexibility index (Phi) is 6.68. The van der Waals surface area contributed by atoms with Crippen LogP contribution in [0, 0.1) is 0 Å². The van der Waals surface area contributed by atoms with E-state index in [1.54, 1.807) is 0 Å². The van der Waals surface area contributed by atoms with Crippen LogP contribution in [0.2, 0.25) is 0 Å². The Bertz CT molecular complexity index is 1110. The zero-order valence-corrected chi connectivity index (χ0v) is 17.7. The van der Waals surface area contributed by atoms with Crippen LogP contribution < -0.4 is 10.6 Å². The van der Waals surface area contributed by atoms with Crippen LogP contribution in [-0.4, -0.2) is 74.2 Å². The Labute approximate surface area is 172 Å². The van der Waals surface area contributed by atoms with Crippen LogP contribution in [0.5, 0.6) is 0 Å². The van der Waals surface area contributed by atoms with Gasteiger partial charge in [0.25, 0.3) is 0 Å². The summed E-state index contributed by atoms with van der Waals surface area (Å²) >= 11 is 0. The van der Waals surface area contributed by atoms with Gasteiger partial charge in [0, 0.05) is 0 Å². The molecule has 1 saturated heterocycles. The number of imidazole rings is 1. The Morgan fingerprint density at radius 2 is 1.81 bits per heavy atom. The summed E-state index contributed by atoms with van der Waals surface area (Å²) < 4.78 is 48.9. The van der Waals surface area contributed by atoms with Gasteiger partial charge in [0.15, 0.2) is 17.7 Å². The topological polar surface area (TPSA) is 282 Å². The van der Waals surface area contributed by atoms with E-state index < -0.39 is 54.5 Å². The SMILES string of the molecule is Nc1ncnc2c1ncn2[C@H]1O[C@H](COP(=O)(O)OP(=O)(O)NP(=O)(O)O)[C@@H](O)[C@H]1O. The molecule has 1 aliphatic heterocycles. The lowest BCUT2D eigenvalue weighted by Crippen LogP contribution is -2.33. The van der Waals surface area contributed by atoms with Crippen LogP contribution in [0.3, 0.4) is 0 Å². The highest BCUT2D eigenvalue weighted by molar-refractivity contribution is 7.70. The molecule has 6 atom stereocenters. The van der Waals surface area contributed by atoms with Crippen LogP contribution >= 0.6 is 23.3 Å². The van der Waals surface area contributed by atoms with Gasteiger partial charge >= 0.3 is 23.3 Å². The first kappa shape index (κ1) is 24.3. The number of aromatic nitrogens is 4. The van der Waals surface area contributed by atoms with Crippen LogP contribution in [0.4, 0.5) is 5.82 Å². The number of aliphatic hydroxyl groups is 2. The predicted molar refractivity (Wildman–Crippen MR) is 97.5 cm³/mol. The largest absolute Gasteiger partial charge is 0.480 e. The standard InChI is InChI=1S/C10H17N6O12P3/c11-8-5-9(13-2-12-8)16(3-14-5)10-7(18)6(17)4(27-10)1-26-31(24,25)28-30(22,23)15-29(19,20)21/h2-4,6-7,10,17-18H,1H2,(H,24,25)(H2,11,12,13)(H4,15,19,20,21,22,23)/t4-,6-,7-,10+/m1/s1. The number of hydrogen-bond acceptors (Lipinski definition) is 12. The molecule has 18 nitrogen and oxygen atoms in total. The fourth-order valence-electron chi connectivity index (χ4n) is 2.67. The number of ether oxygens (including phenoxy) is 1. The number of nitrogen functional groups attached to an aromatic ring is 1. The second kappa shape index (κ2) is 8.53. The van der Waals surface area contributed by atoms with Crippen molar-refractivity contribution in [3.63, 3.8) is 0 Å². The number of anilines is 1. The molecule has 0 amide bonds. The van der Waals surface area contributed by atoms with Gasteiger partial charge in [-0.05, 0) is 0 Å². The lowest BCUT2D eigenvalue weighted by atomic mass is 10.1. The summed E-state index contributed by atoms with van der Waals surface area (Å²) in [6.07, 6.45) is -3.62. The molecule has 174 valence electrons. The van der Waals surface area contributed by atoms with Gasteiger partial charge in [0.1, 0.15) is 30.2 Å². The van der Waals surface area contributed by atoms with Crippen molar-refractivity contribution in [3.8, 4) is 0 Å².